The number of quaternary nitrogens is 1. The average molecular weight is 260 g/mol. The molecule has 1 rings (SSSR count). The minimum Gasteiger partial charge on any atom is -0.465 e. The maximum Gasteiger partial charge on any atom is 0.361 e. The maximum absolute atomic E-state index is 11.5. The average Bonchev–Trinajstić information content (AvgIpc) is 2.47. The van der Waals surface area contributed by atoms with E-state index in [-0.39, 0.29) is 5.97 Å². The zero-order valence-corrected chi connectivity index (χ0v) is 12.0. The van der Waals surface area contributed by atoms with Crippen LogP contribution in [0.1, 0.15) is 19.4 Å². The van der Waals surface area contributed by atoms with Crippen molar-refractivity contribution in [2.75, 3.05) is 33.3 Å². The highest BCUT2D eigenvalue weighted by atomic mass is 16.5. The van der Waals surface area contributed by atoms with E-state index in [1.165, 1.54) is 7.11 Å². The molecule has 3 nitrogen and oxygen atoms in total. The van der Waals surface area contributed by atoms with Gasteiger partial charge >= 0.3 is 5.97 Å². The van der Waals surface area contributed by atoms with E-state index < -0.39 is 0 Å². The predicted octanol–water partition coefficient (Wildman–Crippen LogP) is 2.07. The first kappa shape index (κ1) is 15.3. The molecular weight excluding hydrogens is 238 g/mol. The molecule has 0 saturated heterocycles. The highest BCUT2D eigenvalue weighted by molar-refractivity contribution is 5.70. The predicted molar refractivity (Wildman–Crippen MR) is 76.4 cm³/mol. The van der Waals surface area contributed by atoms with E-state index in [9.17, 15) is 4.79 Å². The van der Waals surface area contributed by atoms with Gasteiger partial charge in [-0.2, -0.15) is 0 Å². The van der Waals surface area contributed by atoms with Crippen LogP contribution in [-0.2, 0) is 9.53 Å². The molecule has 102 valence electrons. The first-order valence-electron chi connectivity index (χ1n) is 6.61. The molecule has 19 heavy (non-hydrogen) atoms. The molecule has 1 aromatic carbocycles. The van der Waals surface area contributed by atoms with Gasteiger partial charge in [-0.1, -0.05) is 24.1 Å². The lowest BCUT2D eigenvalue weighted by molar-refractivity contribution is -0.911. The van der Waals surface area contributed by atoms with Crippen LogP contribution < -0.4 is 0 Å². The Kier molecular flexibility index (Phi) is 6.11. The van der Waals surface area contributed by atoms with Gasteiger partial charge in [0.1, 0.15) is 6.54 Å². The number of rotatable bonds is 5. The van der Waals surface area contributed by atoms with Gasteiger partial charge in [0.05, 0.1) is 20.2 Å². The SMILES string of the molecule is CC[N+](CC)(CC#Cc1ccccc1)CC(=O)OC. The molecule has 0 fully saturated rings. The monoisotopic (exact) mass is 260 g/mol. The van der Waals surface area contributed by atoms with Gasteiger partial charge < -0.3 is 9.22 Å². The number of carbonyl (C=O) groups is 1. The Balaban J connectivity index is 2.74. The van der Waals surface area contributed by atoms with Gasteiger partial charge in [0.2, 0.25) is 0 Å². The number of likely N-dealkylation sites (N-methyl/N-ethyl adjacent to an activating group) is 1. The Morgan fingerprint density at radius 1 is 1.21 bits per heavy atom. The normalized spacial score (nSPS) is 10.5. The van der Waals surface area contributed by atoms with Crippen LogP contribution in [0.25, 0.3) is 0 Å². The van der Waals surface area contributed by atoms with Crippen LogP contribution >= 0.6 is 0 Å². The van der Waals surface area contributed by atoms with E-state index in [1.807, 2.05) is 30.3 Å². The number of esters is 1. The van der Waals surface area contributed by atoms with Crippen molar-refractivity contribution in [3.8, 4) is 11.8 Å². The fourth-order valence-corrected chi connectivity index (χ4v) is 1.90. The number of benzene rings is 1. The molecule has 0 aromatic heterocycles. The van der Waals surface area contributed by atoms with Crippen molar-refractivity contribution in [1.29, 1.82) is 0 Å². The molecule has 0 bridgehead atoms. The Labute approximate surface area is 115 Å². The maximum atomic E-state index is 11.5. The molecule has 0 amide bonds. The summed E-state index contributed by atoms with van der Waals surface area (Å²) in [5.41, 5.74) is 1.01. The summed E-state index contributed by atoms with van der Waals surface area (Å²) in [4.78, 5) is 11.5. The van der Waals surface area contributed by atoms with Gasteiger partial charge in [0, 0.05) is 5.56 Å². The standard InChI is InChI=1S/C16H22NO2/c1-4-17(5-2,14-16(18)19-3)13-9-12-15-10-7-6-8-11-15/h6-8,10-11H,4-5,13-14H2,1-3H3/q+1. The first-order chi connectivity index (χ1) is 9.15. The molecule has 0 atom stereocenters. The Bertz CT molecular complexity index is 453. The topological polar surface area (TPSA) is 26.3 Å². The fraction of sp³-hybridized carbons (Fsp3) is 0.438. The minimum absolute atomic E-state index is 0.176. The highest BCUT2D eigenvalue weighted by Crippen LogP contribution is 2.06. The van der Waals surface area contributed by atoms with Gasteiger partial charge in [-0.05, 0) is 31.9 Å². The summed E-state index contributed by atoms with van der Waals surface area (Å²) in [6.45, 7) is 6.95. The summed E-state index contributed by atoms with van der Waals surface area (Å²) in [7, 11) is 1.43. The minimum atomic E-state index is -0.176. The molecule has 0 radical (unpaired) electrons. The van der Waals surface area contributed by atoms with Gasteiger partial charge in [0.15, 0.2) is 6.54 Å². The van der Waals surface area contributed by atoms with Crippen molar-refractivity contribution in [3.05, 3.63) is 35.9 Å². The second kappa shape index (κ2) is 7.60. The number of methoxy groups -OCH3 is 1. The van der Waals surface area contributed by atoms with E-state index in [2.05, 4.69) is 25.7 Å². The van der Waals surface area contributed by atoms with Gasteiger partial charge in [-0.25, -0.2) is 4.79 Å². The van der Waals surface area contributed by atoms with E-state index in [0.29, 0.717) is 17.6 Å². The van der Waals surface area contributed by atoms with E-state index in [4.69, 9.17) is 4.74 Å². The molecule has 1 aromatic rings. The lowest BCUT2D eigenvalue weighted by atomic mass is 10.2. The van der Waals surface area contributed by atoms with Crippen LogP contribution in [0.15, 0.2) is 30.3 Å². The molecular formula is C16H22NO2+. The largest absolute Gasteiger partial charge is 0.465 e. The summed E-state index contributed by atoms with van der Waals surface area (Å²) in [5.74, 6) is 6.15. The summed E-state index contributed by atoms with van der Waals surface area (Å²) in [6, 6.07) is 9.89. The summed E-state index contributed by atoms with van der Waals surface area (Å²) >= 11 is 0. The molecule has 0 aliphatic rings. The van der Waals surface area contributed by atoms with Gasteiger partial charge in [0.25, 0.3) is 0 Å². The third-order valence-corrected chi connectivity index (χ3v) is 3.45. The highest BCUT2D eigenvalue weighted by Gasteiger charge is 2.26. The number of hydrogen-bond acceptors (Lipinski definition) is 2. The van der Waals surface area contributed by atoms with Crippen LogP contribution in [0, 0.1) is 11.8 Å². The molecule has 0 heterocycles. The van der Waals surface area contributed by atoms with Crippen LogP contribution in [0.3, 0.4) is 0 Å². The molecule has 0 unspecified atom stereocenters. The Hall–Kier alpha value is -1.79. The van der Waals surface area contributed by atoms with Crippen LogP contribution in [-0.4, -0.2) is 43.7 Å². The zero-order chi connectivity index (χ0) is 14.1. The van der Waals surface area contributed by atoms with Gasteiger partial charge in [-0.15, -0.1) is 0 Å². The first-order valence-corrected chi connectivity index (χ1v) is 6.61. The third kappa shape index (κ3) is 4.76. The second-order valence-electron chi connectivity index (χ2n) is 4.53. The number of hydrogen-bond donors (Lipinski definition) is 0. The lowest BCUT2D eigenvalue weighted by Gasteiger charge is -2.33. The van der Waals surface area contributed by atoms with Crippen LogP contribution in [0.4, 0.5) is 0 Å². The third-order valence-electron chi connectivity index (χ3n) is 3.45. The van der Waals surface area contributed by atoms with Crippen molar-refractivity contribution in [3.63, 3.8) is 0 Å². The smallest absolute Gasteiger partial charge is 0.361 e. The van der Waals surface area contributed by atoms with Crippen molar-refractivity contribution in [2.45, 2.75) is 13.8 Å². The molecule has 0 saturated carbocycles. The Morgan fingerprint density at radius 3 is 2.37 bits per heavy atom. The lowest BCUT2D eigenvalue weighted by Crippen LogP contribution is -2.51. The second-order valence-corrected chi connectivity index (χ2v) is 4.53. The summed E-state index contributed by atoms with van der Waals surface area (Å²) in [6.07, 6.45) is 0. The fourth-order valence-electron chi connectivity index (χ4n) is 1.90. The van der Waals surface area contributed by atoms with E-state index in [1.54, 1.807) is 0 Å². The zero-order valence-electron chi connectivity index (χ0n) is 12.0. The summed E-state index contributed by atoms with van der Waals surface area (Å²) in [5, 5.41) is 0. The molecule has 0 aliphatic carbocycles. The molecule has 0 N–H and O–H groups in total. The van der Waals surface area contributed by atoms with Crippen LogP contribution in [0.2, 0.25) is 0 Å². The number of ether oxygens (including phenoxy) is 1. The summed E-state index contributed by atoms with van der Waals surface area (Å²) < 4.78 is 5.42. The molecule has 0 spiro atoms. The van der Waals surface area contributed by atoms with Crippen LogP contribution in [0.5, 0.6) is 0 Å². The number of nitrogens with zero attached hydrogens (tertiary/aromatic N) is 1. The van der Waals surface area contributed by atoms with Crippen molar-refractivity contribution >= 4 is 5.97 Å². The quantitative estimate of drug-likeness (QED) is 0.460. The van der Waals surface area contributed by atoms with E-state index >= 15 is 0 Å². The molecule has 3 heteroatoms. The molecule has 0 aliphatic heterocycles. The van der Waals surface area contributed by atoms with E-state index in [0.717, 1.165) is 18.7 Å². The van der Waals surface area contributed by atoms with Crippen molar-refractivity contribution < 1.29 is 14.0 Å². The Morgan fingerprint density at radius 2 is 1.84 bits per heavy atom. The number of carbonyl (C=O) groups excluding carboxylic acids is 1. The van der Waals surface area contributed by atoms with Gasteiger partial charge in [-0.3, -0.25) is 0 Å². The van der Waals surface area contributed by atoms with Crippen molar-refractivity contribution in [2.24, 2.45) is 0 Å². The van der Waals surface area contributed by atoms with Crippen molar-refractivity contribution in [1.82, 2.24) is 0 Å².